The number of furan rings is 2. The van der Waals surface area contributed by atoms with E-state index in [0.29, 0.717) is 0 Å². The molecule has 0 saturated carbocycles. The van der Waals surface area contributed by atoms with E-state index >= 15 is 0 Å². The van der Waals surface area contributed by atoms with Crippen LogP contribution < -0.4 is 0 Å². The number of rotatable bonds is 4. The molecule has 346 valence electrons. The topological polar surface area (TPSA) is 26.3 Å². The van der Waals surface area contributed by atoms with Crippen LogP contribution in [0, 0.1) is 0 Å². The van der Waals surface area contributed by atoms with E-state index in [9.17, 15) is 0 Å². The Kier molecular flexibility index (Phi) is 8.60. The van der Waals surface area contributed by atoms with Crippen LogP contribution in [-0.4, -0.2) is 14.5 Å². The fraction of sp³-hybridized carbons (Fsp3) is 0. The molecule has 75 heavy (non-hydrogen) atoms. The molecule has 0 aliphatic carbocycles. The van der Waals surface area contributed by atoms with Crippen molar-refractivity contribution in [2.75, 3.05) is 0 Å². The molecule has 2 nitrogen and oxygen atoms in total. The van der Waals surface area contributed by atoms with E-state index in [2.05, 4.69) is 243 Å². The standard InChI is InChI=1S/C72H40O2Se/c1-3-16-46-41(14-1)28-33-56-60-38-43(31-36-62(60)73-71(46)56)66-48-18-5-7-20-50(48)68(51-21-8-6-19-49(51)66)45-30-35-58-65(40-45)75-64-27-13-26-59(70(58)64)69-54-24-11-9-22-52(54)67(53-23-10-12-25-55(53)69)44-32-37-63-61(39-44)57-34-29-42-15-2-4-17-47(42)72(57)74-63/h1-40H. The Hall–Kier alpha value is -9.24. The van der Waals surface area contributed by atoms with Crippen LogP contribution in [0.2, 0.25) is 0 Å². The first-order valence-corrected chi connectivity index (χ1v) is 27.4. The van der Waals surface area contributed by atoms with Gasteiger partial charge in [-0.25, -0.2) is 0 Å². The van der Waals surface area contributed by atoms with Crippen LogP contribution in [0.3, 0.4) is 0 Å². The summed E-state index contributed by atoms with van der Waals surface area (Å²) >= 11 is 0.107. The fourth-order valence-corrected chi connectivity index (χ4v) is 15.4. The van der Waals surface area contributed by atoms with E-state index in [1.54, 1.807) is 0 Å². The molecule has 0 amide bonds. The minimum absolute atomic E-state index is 0.107. The third-order valence-electron chi connectivity index (χ3n) is 16.2. The zero-order valence-electron chi connectivity index (χ0n) is 40.3. The Bertz CT molecular complexity index is 5200. The molecule has 0 spiro atoms. The summed E-state index contributed by atoms with van der Waals surface area (Å²) in [5.41, 5.74) is 13.7. The number of fused-ring (bicyclic) bond motifs is 17. The molecule has 3 heterocycles. The predicted molar refractivity (Wildman–Crippen MR) is 320 cm³/mol. The Morgan fingerprint density at radius 3 is 1.09 bits per heavy atom. The van der Waals surface area contributed by atoms with Crippen LogP contribution in [0.25, 0.3) is 172 Å². The van der Waals surface area contributed by atoms with Gasteiger partial charge in [-0.1, -0.05) is 60.7 Å². The summed E-state index contributed by atoms with van der Waals surface area (Å²) < 4.78 is 16.0. The first-order valence-electron chi connectivity index (χ1n) is 25.7. The molecule has 0 N–H and O–H groups in total. The van der Waals surface area contributed by atoms with Gasteiger partial charge in [0.05, 0.1) is 0 Å². The molecule has 17 rings (SSSR count). The zero-order chi connectivity index (χ0) is 48.9. The Labute approximate surface area is 435 Å². The maximum absolute atomic E-state index is 6.60. The second-order valence-corrected chi connectivity index (χ2v) is 22.4. The molecule has 0 aliphatic heterocycles. The minimum atomic E-state index is 0.107. The third-order valence-corrected chi connectivity index (χ3v) is 18.6. The van der Waals surface area contributed by atoms with Crippen LogP contribution in [0.15, 0.2) is 251 Å². The van der Waals surface area contributed by atoms with Crippen molar-refractivity contribution in [2.45, 2.75) is 0 Å². The molecule has 0 bridgehead atoms. The van der Waals surface area contributed by atoms with Crippen LogP contribution in [0.1, 0.15) is 0 Å². The number of hydrogen-bond acceptors (Lipinski definition) is 2. The summed E-state index contributed by atoms with van der Waals surface area (Å²) in [6, 6.07) is 89.8. The molecule has 0 fully saturated rings. The van der Waals surface area contributed by atoms with Gasteiger partial charge < -0.3 is 0 Å². The molecule has 14 aromatic carbocycles. The average Bonchev–Trinajstić information content (AvgIpc) is 4.20. The van der Waals surface area contributed by atoms with Crippen molar-refractivity contribution >= 4 is 142 Å². The van der Waals surface area contributed by atoms with Gasteiger partial charge in [0.1, 0.15) is 0 Å². The maximum atomic E-state index is 6.60. The summed E-state index contributed by atoms with van der Waals surface area (Å²) in [7, 11) is 0. The molecule has 0 aliphatic rings. The summed E-state index contributed by atoms with van der Waals surface area (Å²) in [5.74, 6) is 0. The van der Waals surface area contributed by atoms with Crippen molar-refractivity contribution in [1.82, 2.24) is 0 Å². The molecule has 0 radical (unpaired) electrons. The zero-order valence-corrected chi connectivity index (χ0v) is 42.0. The van der Waals surface area contributed by atoms with Crippen molar-refractivity contribution < 1.29 is 8.83 Å². The first kappa shape index (κ1) is 41.3. The normalized spacial score (nSPS) is 12.3. The van der Waals surface area contributed by atoms with Gasteiger partial charge in [0.15, 0.2) is 0 Å². The first-order chi connectivity index (χ1) is 37.2. The van der Waals surface area contributed by atoms with Crippen LogP contribution >= 0.6 is 0 Å². The molecule has 0 atom stereocenters. The van der Waals surface area contributed by atoms with Crippen molar-refractivity contribution in [2.24, 2.45) is 0 Å². The molecule has 0 unspecified atom stereocenters. The van der Waals surface area contributed by atoms with Gasteiger partial charge in [0, 0.05) is 10.8 Å². The van der Waals surface area contributed by atoms with Gasteiger partial charge in [-0.2, -0.15) is 0 Å². The van der Waals surface area contributed by atoms with Gasteiger partial charge in [-0.3, -0.25) is 0 Å². The second kappa shape index (κ2) is 15.6. The molecule has 17 aromatic rings. The van der Waals surface area contributed by atoms with Gasteiger partial charge in [0.2, 0.25) is 0 Å². The van der Waals surface area contributed by atoms with Crippen molar-refractivity contribution in [3.05, 3.63) is 243 Å². The molecule has 3 heteroatoms. The van der Waals surface area contributed by atoms with E-state index in [1.807, 2.05) is 0 Å². The molecular formula is C72H40O2Se. The Morgan fingerprint density at radius 2 is 0.627 bits per heavy atom. The van der Waals surface area contributed by atoms with Gasteiger partial charge >= 0.3 is 356 Å². The number of benzene rings is 14. The van der Waals surface area contributed by atoms with E-state index in [0.717, 1.165) is 54.6 Å². The fourth-order valence-electron chi connectivity index (χ4n) is 13.0. The van der Waals surface area contributed by atoms with Gasteiger partial charge in [-0.05, 0) is 10.8 Å². The molecule has 0 saturated heterocycles. The van der Waals surface area contributed by atoms with Crippen molar-refractivity contribution in [1.29, 1.82) is 0 Å². The summed E-state index contributed by atoms with van der Waals surface area (Å²) in [6.45, 7) is 0. The van der Waals surface area contributed by atoms with Crippen LogP contribution in [-0.2, 0) is 0 Å². The molecular weight excluding hydrogens is 976 g/mol. The van der Waals surface area contributed by atoms with E-state index in [1.165, 1.54) is 118 Å². The third kappa shape index (κ3) is 5.91. The van der Waals surface area contributed by atoms with Crippen molar-refractivity contribution in [3.63, 3.8) is 0 Å². The quantitative estimate of drug-likeness (QED) is 0.130. The Balaban J connectivity index is 0.843. The van der Waals surface area contributed by atoms with Gasteiger partial charge in [-0.15, -0.1) is 0 Å². The van der Waals surface area contributed by atoms with Crippen LogP contribution in [0.5, 0.6) is 0 Å². The van der Waals surface area contributed by atoms with E-state index in [-0.39, 0.29) is 14.5 Å². The predicted octanol–water partition coefficient (Wildman–Crippen LogP) is 20.4. The number of hydrogen-bond donors (Lipinski definition) is 0. The summed E-state index contributed by atoms with van der Waals surface area (Å²) in [6.07, 6.45) is 0. The van der Waals surface area contributed by atoms with Crippen LogP contribution in [0.4, 0.5) is 0 Å². The van der Waals surface area contributed by atoms with E-state index < -0.39 is 0 Å². The SMILES string of the molecule is c1ccc2c(c1)ccc1c3cc(-c4c5ccccc5c(-c5ccc6c(c5)[se]c5cccc(-c7c8ccccc8c(-c8ccc9oc%10c%11ccccc%11ccc%10c9c8)c8ccccc78)c56)c5ccccc45)ccc3oc21. The summed E-state index contributed by atoms with van der Waals surface area (Å²) in [4.78, 5) is 0. The Morgan fingerprint density at radius 1 is 0.240 bits per heavy atom. The van der Waals surface area contributed by atoms with E-state index in [4.69, 9.17) is 8.83 Å². The molecule has 3 aromatic heterocycles. The average molecular weight is 1020 g/mol. The monoisotopic (exact) mass is 1020 g/mol. The van der Waals surface area contributed by atoms with Crippen molar-refractivity contribution in [3.8, 4) is 44.5 Å². The summed E-state index contributed by atoms with van der Waals surface area (Å²) in [5, 5.41) is 21.9. The second-order valence-electron chi connectivity index (χ2n) is 20.1. The van der Waals surface area contributed by atoms with Gasteiger partial charge in [0.25, 0.3) is 0 Å².